The summed E-state index contributed by atoms with van der Waals surface area (Å²) >= 11 is 0. The fourth-order valence-corrected chi connectivity index (χ4v) is 1.63. The lowest BCUT2D eigenvalue weighted by Gasteiger charge is -2.10. The number of benzene rings is 2. The molecule has 0 aliphatic rings. The Morgan fingerprint density at radius 3 is 2.25 bits per heavy atom. The van der Waals surface area contributed by atoms with Crippen molar-refractivity contribution in [3.05, 3.63) is 42.5 Å². The van der Waals surface area contributed by atoms with Gasteiger partial charge in [0.15, 0.2) is 0 Å². The normalized spacial score (nSPS) is 10.2. The van der Waals surface area contributed by atoms with Crippen LogP contribution >= 0.6 is 0 Å². The van der Waals surface area contributed by atoms with Gasteiger partial charge in [0.25, 0.3) is 0 Å². The van der Waals surface area contributed by atoms with Crippen LogP contribution in [0.3, 0.4) is 0 Å². The Balaban J connectivity index is 1.99. The van der Waals surface area contributed by atoms with Crippen molar-refractivity contribution in [1.82, 2.24) is 0 Å². The lowest BCUT2D eigenvalue weighted by molar-refractivity contribution is 0.146. The summed E-state index contributed by atoms with van der Waals surface area (Å²) in [5.41, 5.74) is 12.6. The first-order valence-electron chi connectivity index (χ1n) is 6.23. The summed E-state index contributed by atoms with van der Waals surface area (Å²) in [6, 6.07) is 12.5. The largest absolute Gasteiger partial charge is 0.491 e. The summed E-state index contributed by atoms with van der Waals surface area (Å²) in [6.07, 6.45) is 0. The van der Waals surface area contributed by atoms with Gasteiger partial charge in [-0.25, -0.2) is 0 Å². The maximum absolute atomic E-state index is 5.84. The van der Waals surface area contributed by atoms with Gasteiger partial charge >= 0.3 is 0 Å². The molecular weight excluding hydrogens is 256 g/mol. The molecule has 0 fully saturated rings. The van der Waals surface area contributed by atoms with Crippen LogP contribution in [0.4, 0.5) is 11.4 Å². The summed E-state index contributed by atoms with van der Waals surface area (Å²) < 4.78 is 16.1. The first-order chi connectivity index (χ1) is 9.69. The fraction of sp³-hybridized carbons (Fsp3) is 0.200. The number of nitrogen functional groups attached to an aromatic ring is 2. The molecule has 2 rings (SSSR count). The van der Waals surface area contributed by atoms with Gasteiger partial charge in [-0.3, -0.25) is 0 Å². The minimum Gasteiger partial charge on any atom is -0.491 e. The highest BCUT2D eigenvalue weighted by Gasteiger charge is 2.03. The van der Waals surface area contributed by atoms with Crippen LogP contribution in [0.1, 0.15) is 0 Å². The van der Waals surface area contributed by atoms with E-state index < -0.39 is 0 Å². The van der Waals surface area contributed by atoms with Crippen molar-refractivity contribution >= 4 is 11.4 Å². The Labute approximate surface area is 118 Å². The highest BCUT2D eigenvalue weighted by Crippen LogP contribution is 2.29. The zero-order chi connectivity index (χ0) is 14.4. The van der Waals surface area contributed by atoms with Crippen LogP contribution in [0, 0.1) is 0 Å². The molecule has 0 saturated heterocycles. The van der Waals surface area contributed by atoms with Gasteiger partial charge in [0, 0.05) is 12.8 Å². The molecular formula is C15H18N2O3. The summed E-state index contributed by atoms with van der Waals surface area (Å²) in [4.78, 5) is 0. The van der Waals surface area contributed by atoms with E-state index in [1.807, 2.05) is 24.3 Å². The third-order valence-electron chi connectivity index (χ3n) is 2.64. The van der Waals surface area contributed by atoms with E-state index in [2.05, 4.69) is 0 Å². The minimum atomic E-state index is 0.505. The Morgan fingerprint density at radius 1 is 0.900 bits per heavy atom. The fourth-order valence-electron chi connectivity index (χ4n) is 1.63. The highest BCUT2D eigenvalue weighted by molar-refractivity contribution is 5.61. The molecule has 20 heavy (non-hydrogen) atoms. The van der Waals surface area contributed by atoms with Gasteiger partial charge in [0.2, 0.25) is 0 Å². The summed E-state index contributed by atoms with van der Waals surface area (Å²) in [7, 11) is 1.64. The molecule has 0 aliphatic heterocycles. The quantitative estimate of drug-likeness (QED) is 0.625. The number of anilines is 2. The lowest BCUT2D eigenvalue weighted by atomic mass is 10.2. The van der Waals surface area contributed by atoms with Crippen LogP contribution in [0.2, 0.25) is 0 Å². The second kappa shape index (κ2) is 6.68. The standard InChI is InChI=1S/C15H18N2O3/c1-18-8-9-19-12-3-5-13(6-4-12)20-15-7-2-11(16)10-14(15)17/h2-7,10H,8-9,16-17H2,1H3. The van der Waals surface area contributed by atoms with E-state index in [4.69, 9.17) is 25.7 Å². The summed E-state index contributed by atoms with van der Waals surface area (Å²) in [6.45, 7) is 1.07. The number of ether oxygens (including phenoxy) is 3. The molecule has 0 radical (unpaired) electrons. The van der Waals surface area contributed by atoms with Crippen molar-refractivity contribution in [2.24, 2.45) is 0 Å². The number of hydrogen-bond acceptors (Lipinski definition) is 5. The van der Waals surface area contributed by atoms with Crippen LogP contribution in [-0.4, -0.2) is 20.3 Å². The van der Waals surface area contributed by atoms with E-state index in [1.54, 1.807) is 25.3 Å². The van der Waals surface area contributed by atoms with Gasteiger partial charge < -0.3 is 25.7 Å². The van der Waals surface area contributed by atoms with E-state index >= 15 is 0 Å². The minimum absolute atomic E-state index is 0.505. The zero-order valence-electron chi connectivity index (χ0n) is 11.3. The van der Waals surface area contributed by atoms with Crippen LogP contribution in [-0.2, 0) is 4.74 Å². The third kappa shape index (κ3) is 3.80. The van der Waals surface area contributed by atoms with Crippen molar-refractivity contribution < 1.29 is 14.2 Å². The molecule has 5 heteroatoms. The highest BCUT2D eigenvalue weighted by atomic mass is 16.5. The first-order valence-corrected chi connectivity index (χ1v) is 6.23. The van der Waals surface area contributed by atoms with Crippen molar-refractivity contribution in [2.45, 2.75) is 0 Å². The molecule has 0 amide bonds. The summed E-state index contributed by atoms with van der Waals surface area (Å²) in [5, 5.41) is 0. The van der Waals surface area contributed by atoms with Gasteiger partial charge in [-0.2, -0.15) is 0 Å². The van der Waals surface area contributed by atoms with Crippen molar-refractivity contribution in [3.8, 4) is 17.2 Å². The van der Waals surface area contributed by atoms with E-state index in [0.29, 0.717) is 36.1 Å². The SMILES string of the molecule is COCCOc1ccc(Oc2ccc(N)cc2N)cc1. The van der Waals surface area contributed by atoms with E-state index in [-0.39, 0.29) is 0 Å². The van der Waals surface area contributed by atoms with Gasteiger partial charge in [-0.05, 0) is 42.5 Å². The smallest absolute Gasteiger partial charge is 0.150 e. The number of rotatable bonds is 6. The predicted molar refractivity (Wildman–Crippen MR) is 79.2 cm³/mol. The molecule has 0 spiro atoms. The predicted octanol–water partition coefficient (Wildman–Crippen LogP) is 2.67. The van der Waals surface area contributed by atoms with Gasteiger partial charge in [0.1, 0.15) is 23.9 Å². The molecule has 0 aliphatic carbocycles. The zero-order valence-corrected chi connectivity index (χ0v) is 11.3. The monoisotopic (exact) mass is 274 g/mol. The average Bonchev–Trinajstić information content (AvgIpc) is 2.44. The Kier molecular flexibility index (Phi) is 4.68. The van der Waals surface area contributed by atoms with E-state index in [9.17, 15) is 0 Å². The Morgan fingerprint density at radius 2 is 1.60 bits per heavy atom. The molecule has 0 bridgehead atoms. The number of hydrogen-bond donors (Lipinski definition) is 2. The molecule has 2 aromatic carbocycles. The van der Waals surface area contributed by atoms with Gasteiger partial charge in [0.05, 0.1) is 12.3 Å². The van der Waals surface area contributed by atoms with Crippen LogP contribution in [0.25, 0.3) is 0 Å². The first kappa shape index (κ1) is 14.0. The van der Waals surface area contributed by atoms with Crippen LogP contribution in [0.15, 0.2) is 42.5 Å². The second-order valence-corrected chi connectivity index (χ2v) is 4.21. The lowest BCUT2D eigenvalue weighted by Crippen LogP contribution is -2.03. The van der Waals surface area contributed by atoms with E-state index in [0.717, 1.165) is 5.75 Å². The maximum atomic E-state index is 5.84. The van der Waals surface area contributed by atoms with Crippen LogP contribution in [0.5, 0.6) is 17.2 Å². The number of nitrogens with two attached hydrogens (primary N) is 2. The average molecular weight is 274 g/mol. The molecule has 106 valence electrons. The van der Waals surface area contributed by atoms with Crippen molar-refractivity contribution in [3.63, 3.8) is 0 Å². The maximum Gasteiger partial charge on any atom is 0.150 e. The van der Waals surface area contributed by atoms with E-state index in [1.165, 1.54) is 0 Å². The number of methoxy groups -OCH3 is 1. The summed E-state index contributed by atoms with van der Waals surface area (Å²) in [5.74, 6) is 2.02. The van der Waals surface area contributed by atoms with Gasteiger partial charge in [-0.15, -0.1) is 0 Å². The van der Waals surface area contributed by atoms with Gasteiger partial charge in [-0.1, -0.05) is 0 Å². The Hall–Kier alpha value is -2.40. The topological polar surface area (TPSA) is 79.7 Å². The molecule has 5 nitrogen and oxygen atoms in total. The molecule has 2 aromatic rings. The Bertz CT molecular complexity index is 556. The molecule has 0 atom stereocenters. The molecule has 0 saturated carbocycles. The van der Waals surface area contributed by atoms with Crippen molar-refractivity contribution in [1.29, 1.82) is 0 Å². The van der Waals surface area contributed by atoms with Crippen LogP contribution < -0.4 is 20.9 Å². The molecule has 4 N–H and O–H groups in total. The molecule has 0 aromatic heterocycles. The second-order valence-electron chi connectivity index (χ2n) is 4.21. The molecule has 0 heterocycles. The van der Waals surface area contributed by atoms with Crippen molar-refractivity contribution in [2.75, 3.05) is 31.8 Å². The third-order valence-corrected chi connectivity index (χ3v) is 2.64. The molecule has 0 unspecified atom stereocenters.